The van der Waals surface area contributed by atoms with E-state index in [4.69, 9.17) is 21.1 Å². The van der Waals surface area contributed by atoms with E-state index in [2.05, 4.69) is 5.43 Å². The Balaban J connectivity index is 2.30. The lowest BCUT2D eigenvalue weighted by atomic mass is 9.96. The Morgan fingerprint density at radius 2 is 1.81 bits per heavy atom. The van der Waals surface area contributed by atoms with Crippen LogP contribution in [0, 0.1) is 5.92 Å². The lowest BCUT2D eigenvalue weighted by molar-refractivity contribution is -0.236. The average Bonchev–Trinajstić information content (AvgIpc) is 2.36. The second kappa shape index (κ2) is 5.06. The van der Waals surface area contributed by atoms with Crippen molar-refractivity contribution in [1.82, 2.24) is 0 Å². The van der Waals surface area contributed by atoms with Crippen LogP contribution >= 0.6 is 0 Å². The fourth-order valence-corrected chi connectivity index (χ4v) is 1.95. The summed E-state index contributed by atoms with van der Waals surface area (Å²) in [5.41, 5.74) is 8.75. The van der Waals surface area contributed by atoms with E-state index in [0.29, 0.717) is 5.69 Å². The zero-order valence-corrected chi connectivity index (χ0v) is 11.5. The van der Waals surface area contributed by atoms with E-state index in [-0.39, 0.29) is 11.3 Å². The number of carbonyl (C=O) groups is 3. The smallest absolute Gasteiger partial charge is 0.331 e. The molecular weight excluding hydrogens is 278 g/mol. The molecule has 0 spiro atoms. The summed E-state index contributed by atoms with van der Waals surface area (Å²) < 4.78 is 9.82. The molecule has 0 bridgehead atoms. The van der Waals surface area contributed by atoms with Crippen LogP contribution in [0.3, 0.4) is 0 Å². The standard InChI is InChI=1S/C13H15N3O5/c1-13(2)20-11(18)9(12(19)21-13)10(17)6-3-4-8(16-15)7(14)5-6/h3-5,9,16H,14-15H2,1-2H3. The number of hydrazine groups is 1. The van der Waals surface area contributed by atoms with Gasteiger partial charge in [-0.05, 0) is 18.2 Å². The SMILES string of the molecule is CC1(C)OC(=O)C(C(=O)c2ccc(NN)c(N)c2)C(=O)O1. The molecule has 2 rings (SSSR count). The Labute approximate surface area is 120 Å². The molecule has 0 radical (unpaired) electrons. The highest BCUT2D eigenvalue weighted by Crippen LogP contribution is 2.27. The van der Waals surface area contributed by atoms with Crippen molar-refractivity contribution in [3.8, 4) is 0 Å². The molecule has 0 amide bonds. The van der Waals surface area contributed by atoms with Crippen LogP contribution in [0.4, 0.5) is 11.4 Å². The maximum atomic E-state index is 12.3. The van der Waals surface area contributed by atoms with Gasteiger partial charge in [0.2, 0.25) is 5.92 Å². The van der Waals surface area contributed by atoms with Gasteiger partial charge >= 0.3 is 11.9 Å². The molecule has 1 aromatic carbocycles. The summed E-state index contributed by atoms with van der Waals surface area (Å²) in [6.45, 7) is 2.81. The molecule has 1 saturated heterocycles. The Kier molecular flexibility index (Phi) is 3.56. The number of ether oxygens (including phenoxy) is 2. The highest BCUT2D eigenvalue weighted by atomic mass is 16.7. The number of nitrogens with two attached hydrogens (primary N) is 2. The molecule has 8 nitrogen and oxygen atoms in total. The first-order chi connectivity index (χ1) is 9.75. The van der Waals surface area contributed by atoms with Crippen LogP contribution in [0.5, 0.6) is 0 Å². The maximum absolute atomic E-state index is 12.3. The minimum absolute atomic E-state index is 0.0881. The molecule has 21 heavy (non-hydrogen) atoms. The van der Waals surface area contributed by atoms with Crippen LogP contribution in [-0.4, -0.2) is 23.5 Å². The first-order valence-electron chi connectivity index (χ1n) is 6.11. The third-order valence-electron chi connectivity index (χ3n) is 2.92. The van der Waals surface area contributed by atoms with Gasteiger partial charge in [0.1, 0.15) is 0 Å². The van der Waals surface area contributed by atoms with Crippen LogP contribution in [0.15, 0.2) is 18.2 Å². The molecule has 1 aliphatic heterocycles. The number of esters is 2. The molecule has 1 heterocycles. The van der Waals surface area contributed by atoms with Gasteiger partial charge in [-0.25, -0.2) is 0 Å². The van der Waals surface area contributed by atoms with Gasteiger partial charge in [-0.3, -0.25) is 20.2 Å². The van der Waals surface area contributed by atoms with Crippen molar-refractivity contribution >= 4 is 29.1 Å². The average molecular weight is 293 g/mol. The molecule has 0 atom stereocenters. The fourth-order valence-electron chi connectivity index (χ4n) is 1.95. The predicted octanol–water partition coefficient (Wildman–Crippen LogP) is 0.189. The van der Waals surface area contributed by atoms with Crippen LogP contribution in [0.1, 0.15) is 24.2 Å². The molecule has 0 aliphatic carbocycles. The van der Waals surface area contributed by atoms with Gasteiger partial charge in [-0.2, -0.15) is 0 Å². The number of cyclic esters (lactones) is 2. The van der Waals surface area contributed by atoms with Gasteiger partial charge in [0, 0.05) is 19.4 Å². The molecule has 0 aromatic heterocycles. The highest BCUT2D eigenvalue weighted by molar-refractivity contribution is 6.21. The first-order valence-corrected chi connectivity index (χ1v) is 6.11. The second-order valence-corrected chi connectivity index (χ2v) is 4.99. The van der Waals surface area contributed by atoms with Gasteiger partial charge in [0.05, 0.1) is 11.4 Å². The van der Waals surface area contributed by atoms with Gasteiger partial charge in [-0.1, -0.05) is 0 Å². The number of hydrogen-bond acceptors (Lipinski definition) is 8. The van der Waals surface area contributed by atoms with E-state index in [1.165, 1.54) is 32.0 Å². The van der Waals surface area contributed by atoms with Crippen LogP contribution in [-0.2, 0) is 19.1 Å². The molecule has 8 heteroatoms. The monoisotopic (exact) mass is 293 g/mol. The van der Waals surface area contributed by atoms with E-state index in [1.807, 2.05) is 0 Å². The zero-order chi connectivity index (χ0) is 15.8. The van der Waals surface area contributed by atoms with Crippen molar-refractivity contribution in [2.24, 2.45) is 11.8 Å². The van der Waals surface area contributed by atoms with Crippen molar-refractivity contribution in [3.63, 3.8) is 0 Å². The summed E-state index contributed by atoms with van der Waals surface area (Å²) >= 11 is 0. The molecule has 0 unspecified atom stereocenters. The third kappa shape index (κ3) is 2.79. The molecule has 5 N–H and O–H groups in total. The molecule has 112 valence electrons. The summed E-state index contributed by atoms with van der Waals surface area (Å²) in [4.78, 5) is 35.9. The summed E-state index contributed by atoms with van der Waals surface area (Å²) in [6, 6.07) is 4.18. The van der Waals surface area contributed by atoms with Crippen molar-refractivity contribution < 1.29 is 23.9 Å². The van der Waals surface area contributed by atoms with Crippen molar-refractivity contribution in [2.45, 2.75) is 19.6 Å². The molecule has 1 aliphatic rings. The number of Topliss-reactive ketones (excluding diaryl/α,β-unsaturated/α-hetero) is 1. The summed E-state index contributed by atoms with van der Waals surface area (Å²) in [5, 5.41) is 0. The number of carbonyl (C=O) groups excluding carboxylic acids is 3. The molecule has 1 aromatic rings. The maximum Gasteiger partial charge on any atom is 0.331 e. The topological polar surface area (TPSA) is 134 Å². The zero-order valence-electron chi connectivity index (χ0n) is 11.5. The lowest BCUT2D eigenvalue weighted by Gasteiger charge is -2.32. The van der Waals surface area contributed by atoms with E-state index in [9.17, 15) is 14.4 Å². The van der Waals surface area contributed by atoms with Crippen molar-refractivity contribution in [1.29, 1.82) is 0 Å². The third-order valence-corrected chi connectivity index (χ3v) is 2.92. The number of nitrogen functional groups attached to an aromatic ring is 2. The largest absolute Gasteiger partial charge is 0.422 e. The fraction of sp³-hybridized carbons (Fsp3) is 0.308. The van der Waals surface area contributed by atoms with Crippen LogP contribution in [0.25, 0.3) is 0 Å². The summed E-state index contributed by atoms with van der Waals surface area (Å²) in [6.07, 6.45) is 0. The van der Waals surface area contributed by atoms with Gasteiger partial charge in [0.15, 0.2) is 5.78 Å². The Bertz CT molecular complexity index is 606. The molecule has 1 fully saturated rings. The Morgan fingerprint density at radius 3 is 2.29 bits per heavy atom. The summed E-state index contributed by atoms with van der Waals surface area (Å²) in [7, 11) is 0. The first kappa shape index (κ1) is 14.8. The van der Waals surface area contributed by atoms with Crippen LogP contribution in [0.2, 0.25) is 0 Å². The summed E-state index contributed by atoms with van der Waals surface area (Å²) in [5.74, 6) is -0.419. The quantitative estimate of drug-likeness (QED) is 0.179. The predicted molar refractivity (Wildman–Crippen MR) is 72.7 cm³/mol. The second-order valence-electron chi connectivity index (χ2n) is 4.99. The van der Waals surface area contributed by atoms with Gasteiger partial charge in [-0.15, -0.1) is 0 Å². The van der Waals surface area contributed by atoms with Gasteiger partial charge in [0.25, 0.3) is 5.79 Å². The Morgan fingerprint density at radius 1 is 1.24 bits per heavy atom. The van der Waals surface area contributed by atoms with E-state index >= 15 is 0 Å². The minimum Gasteiger partial charge on any atom is -0.422 e. The lowest BCUT2D eigenvalue weighted by Crippen LogP contribution is -2.49. The van der Waals surface area contributed by atoms with Crippen LogP contribution < -0.4 is 17.0 Å². The van der Waals surface area contributed by atoms with Crippen molar-refractivity contribution in [2.75, 3.05) is 11.2 Å². The Hall–Kier alpha value is -2.61. The van der Waals surface area contributed by atoms with E-state index < -0.39 is 29.4 Å². The number of ketones is 1. The van der Waals surface area contributed by atoms with Gasteiger partial charge < -0.3 is 20.6 Å². The minimum atomic E-state index is -1.64. The number of benzene rings is 1. The number of anilines is 2. The van der Waals surface area contributed by atoms with E-state index in [0.717, 1.165) is 0 Å². The van der Waals surface area contributed by atoms with Crippen molar-refractivity contribution in [3.05, 3.63) is 23.8 Å². The molecule has 0 saturated carbocycles. The number of hydrogen-bond donors (Lipinski definition) is 3. The van der Waals surface area contributed by atoms with E-state index in [1.54, 1.807) is 0 Å². The molecular formula is C13H15N3O5. The number of nitrogens with one attached hydrogen (secondary N) is 1. The number of rotatable bonds is 3. The highest BCUT2D eigenvalue weighted by Gasteiger charge is 2.47. The normalized spacial score (nSPS) is 17.9.